The van der Waals surface area contributed by atoms with Crippen LogP contribution < -0.4 is 0 Å². The van der Waals surface area contributed by atoms with Crippen molar-refractivity contribution in [2.45, 2.75) is 19.4 Å². The van der Waals surface area contributed by atoms with Crippen molar-refractivity contribution in [2.24, 2.45) is 5.16 Å². The first kappa shape index (κ1) is 13.2. The summed E-state index contributed by atoms with van der Waals surface area (Å²) in [4.78, 5) is 24.6. The Labute approximate surface area is 121 Å². The number of carbonyl (C=O) groups is 1. The number of aryl methyl sites for hydroxylation is 1. The summed E-state index contributed by atoms with van der Waals surface area (Å²) in [5, 5.41) is 13.1. The Bertz CT molecular complexity index is 713. The average molecular weight is 283 g/mol. The zero-order valence-corrected chi connectivity index (χ0v) is 11.4. The Kier molecular flexibility index (Phi) is 3.35. The predicted molar refractivity (Wildman–Crippen MR) is 75.2 cm³/mol. The van der Waals surface area contributed by atoms with Crippen LogP contribution in [0.4, 0.5) is 0 Å². The lowest BCUT2D eigenvalue weighted by Gasteiger charge is -2.07. The molecular formula is C15H13N3O3. The van der Waals surface area contributed by atoms with Crippen molar-refractivity contribution >= 4 is 11.7 Å². The summed E-state index contributed by atoms with van der Waals surface area (Å²) >= 11 is 0. The molecule has 21 heavy (non-hydrogen) atoms. The second-order valence-electron chi connectivity index (χ2n) is 4.74. The van der Waals surface area contributed by atoms with Crippen LogP contribution in [-0.4, -0.2) is 26.8 Å². The van der Waals surface area contributed by atoms with E-state index in [2.05, 4.69) is 15.1 Å². The minimum absolute atomic E-state index is 0.0386. The van der Waals surface area contributed by atoms with Gasteiger partial charge < -0.3 is 9.94 Å². The van der Waals surface area contributed by atoms with Crippen molar-refractivity contribution in [2.75, 3.05) is 0 Å². The molecule has 0 unspecified atom stereocenters. The van der Waals surface area contributed by atoms with Crippen LogP contribution in [0.5, 0.6) is 0 Å². The van der Waals surface area contributed by atoms with Gasteiger partial charge in [-0.25, -0.2) is 14.8 Å². The van der Waals surface area contributed by atoms with Crippen molar-refractivity contribution in [1.29, 1.82) is 0 Å². The molecule has 0 bridgehead atoms. The van der Waals surface area contributed by atoms with Gasteiger partial charge in [0, 0.05) is 6.42 Å². The number of rotatable bonds is 3. The van der Waals surface area contributed by atoms with Gasteiger partial charge in [0.15, 0.2) is 11.8 Å². The number of aromatic nitrogens is 2. The highest BCUT2D eigenvalue weighted by atomic mass is 16.6. The Morgan fingerprint density at radius 3 is 2.76 bits per heavy atom. The second kappa shape index (κ2) is 5.32. The van der Waals surface area contributed by atoms with Gasteiger partial charge in [0.1, 0.15) is 11.5 Å². The van der Waals surface area contributed by atoms with E-state index < -0.39 is 5.97 Å². The van der Waals surface area contributed by atoms with Gasteiger partial charge in [-0.2, -0.15) is 0 Å². The number of carboxylic acid groups (broad SMARTS) is 1. The third-order valence-electron chi connectivity index (χ3n) is 3.19. The van der Waals surface area contributed by atoms with Crippen LogP contribution in [-0.2, 0) is 4.84 Å². The van der Waals surface area contributed by atoms with Crippen LogP contribution in [0.3, 0.4) is 0 Å². The molecule has 2 heterocycles. The number of hydrogen-bond acceptors (Lipinski definition) is 5. The molecule has 0 aliphatic carbocycles. The maximum atomic E-state index is 11.0. The molecule has 6 nitrogen and oxygen atoms in total. The minimum Gasteiger partial charge on any atom is -0.477 e. The van der Waals surface area contributed by atoms with Crippen molar-refractivity contribution < 1.29 is 14.7 Å². The van der Waals surface area contributed by atoms with Crippen molar-refractivity contribution in [1.82, 2.24) is 9.97 Å². The van der Waals surface area contributed by atoms with Crippen LogP contribution >= 0.6 is 0 Å². The minimum atomic E-state index is -1.08. The van der Waals surface area contributed by atoms with Gasteiger partial charge in [-0.05, 0) is 18.6 Å². The third kappa shape index (κ3) is 2.74. The Morgan fingerprint density at radius 1 is 1.29 bits per heavy atom. The van der Waals surface area contributed by atoms with E-state index in [1.807, 2.05) is 30.3 Å². The fourth-order valence-electron chi connectivity index (χ4n) is 2.20. The summed E-state index contributed by atoms with van der Waals surface area (Å²) in [5.74, 6) is -0.684. The van der Waals surface area contributed by atoms with Gasteiger partial charge >= 0.3 is 5.97 Å². The van der Waals surface area contributed by atoms with Crippen molar-refractivity contribution in [3.63, 3.8) is 0 Å². The smallest absolute Gasteiger partial charge is 0.354 e. The predicted octanol–water partition coefficient (Wildman–Crippen LogP) is 2.35. The first-order valence-corrected chi connectivity index (χ1v) is 6.50. The molecule has 0 fully saturated rings. The van der Waals surface area contributed by atoms with Gasteiger partial charge in [-0.1, -0.05) is 35.5 Å². The lowest BCUT2D eigenvalue weighted by atomic mass is 10.0. The van der Waals surface area contributed by atoms with E-state index in [4.69, 9.17) is 9.94 Å². The van der Waals surface area contributed by atoms with E-state index in [-0.39, 0.29) is 11.8 Å². The summed E-state index contributed by atoms with van der Waals surface area (Å²) in [5.41, 5.74) is 2.12. The van der Waals surface area contributed by atoms with Gasteiger partial charge in [0.05, 0.1) is 5.69 Å². The van der Waals surface area contributed by atoms with Crippen LogP contribution in [0.15, 0.2) is 41.6 Å². The average Bonchev–Trinajstić information content (AvgIpc) is 2.97. The molecular weight excluding hydrogens is 270 g/mol. The SMILES string of the molecule is Cc1nc(C(=O)O)cc(C2=NO[C@@H](c3ccccc3)C2)n1. The van der Waals surface area contributed by atoms with E-state index in [0.29, 0.717) is 23.7 Å². The number of aromatic carboxylic acids is 1. The molecule has 1 aromatic carbocycles. The van der Waals surface area contributed by atoms with E-state index in [9.17, 15) is 4.79 Å². The van der Waals surface area contributed by atoms with Gasteiger partial charge in [0.25, 0.3) is 0 Å². The first-order valence-electron chi connectivity index (χ1n) is 6.50. The fraction of sp³-hybridized carbons (Fsp3) is 0.200. The maximum absolute atomic E-state index is 11.0. The third-order valence-corrected chi connectivity index (χ3v) is 3.19. The van der Waals surface area contributed by atoms with Crippen molar-refractivity contribution in [3.05, 3.63) is 59.2 Å². The van der Waals surface area contributed by atoms with Crippen LogP contribution in [0.1, 0.15) is 40.1 Å². The molecule has 6 heteroatoms. The topological polar surface area (TPSA) is 84.7 Å². The molecule has 0 radical (unpaired) electrons. The number of carboxylic acids is 1. The van der Waals surface area contributed by atoms with Crippen molar-refractivity contribution in [3.8, 4) is 0 Å². The molecule has 1 atom stereocenters. The van der Waals surface area contributed by atoms with Gasteiger partial charge in [0.2, 0.25) is 0 Å². The van der Waals surface area contributed by atoms with E-state index >= 15 is 0 Å². The summed E-state index contributed by atoms with van der Waals surface area (Å²) in [6, 6.07) is 11.2. The lowest BCUT2D eigenvalue weighted by molar-refractivity contribution is 0.0690. The van der Waals surface area contributed by atoms with Crippen LogP contribution in [0, 0.1) is 6.92 Å². The lowest BCUT2D eigenvalue weighted by Crippen LogP contribution is -2.10. The highest BCUT2D eigenvalue weighted by Crippen LogP contribution is 2.28. The van der Waals surface area contributed by atoms with E-state index in [1.165, 1.54) is 6.07 Å². The van der Waals surface area contributed by atoms with E-state index in [0.717, 1.165) is 5.56 Å². The zero-order chi connectivity index (χ0) is 14.8. The Morgan fingerprint density at radius 2 is 2.05 bits per heavy atom. The molecule has 0 spiro atoms. The molecule has 0 amide bonds. The molecule has 1 N–H and O–H groups in total. The summed E-state index contributed by atoms with van der Waals surface area (Å²) in [7, 11) is 0. The monoisotopic (exact) mass is 283 g/mol. The second-order valence-corrected chi connectivity index (χ2v) is 4.74. The highest BCUT2D eigenvalue weighted by Gasteiger charge is 2.25. The summed E-state index contributed by atoms with van der Waals surface area (Å²) < 4.78 is 0. The molecule has 1 aliphatic heterocycles. The Hall–Kier alpha value is -2.76. The number of nitrogens with zero attached hydrogens (tertiary/aromatic N) is 3. The standard InChI is InChI=1S/C15H13N3O3/c1-9-16-11(7-13(17-9)15(19)20)12-8-14(21-18-12)10-5-3-2-4-6-10/h2-7,14H,8H2,1H3,(H,19,20)/t14-/m1/s1. The van der Waals surface area contributed by atoms with E-state index in [1.54, 1.807) is 6.92 Å². The largest absolute Gasteiger partial charge is 0.477 e. The maximum Gasteiger partial charge on any atom is 0.354 e. The normalized spacial score (nSPS) is 17.2. The molecule has 1 aromatic heterocycles. The highest BCUT2D eigenvalue weighted by molar-refractivity contribution is 6.01. The summed E-state index contributed by atoms with van der Waals surface area (Å²) in [6.45, 7) is 1.65. The molecule has 106 valence electrons. The Balaban J connectivity index is 1.85. The van der Waals surface area contributed by atoms with Crippen LogP contribution in [0.2, 0.25) is 0 Å². The number of benzene rings is 1. The summed E-state index contributed by atoms with van der Waals surface area (Å²) in [6.07, 6.45) is 0.393. The first-order chi connectivity index (χ1) is 10.1. The number of hydrogen-bond donors (Lipinski definition) is 1. The molecule has 0 saturated heterocycles. The fourth-order valence-corrected chi connectivity index (χ4v) is 2.20. The van der Waals surface area contributed by atoms with Gasteiger partial charge in [-0.15, -0.1) is 0 Å². The zero-order valence-electron chi connectivity index (χ0n) is 11.4. The molecule has 2 aromatic rings. The molecule has 0 saturated carbocycles. The van der Waals surface area contributed by atoms with Crippen LogP contribution in [0.25, 0.3) is 0 Å². The number of oxime groups is 1. The molecule has 1 aliphatic rings. The van der Waals surface area contributed by atoms with Gasteiger partial charge in [-0.3, -0.25) is 0 Å². The quantitative estimate of drug-likeness (QED) is 0.934. The molecule has 3 rings (SSSR count).